The molecule has 1 fully saturated rings. The summed E-state index contributed by atoms with van der Waals surface area (Å²) in [6.07, 6.45) is 2.23. The summed E-state index contributed by atoms with van der Waals surface area (Å²) < 4.78 is 20.7. The first-order chi connectivity index (χ1) is 12.1. The molecular weight excluding hydrogens is 326 g/mol. The minimum atomic E-state index is -0.712. The molecular formula is C18H25NO6. The van der Waals surface area contributed by atoms with E-state index >= 15 is 0 Å². The van der Waals surface area contributed by atoms with Gasteiger partial charge in [-0.2, -0.15) is 0 Å². The molecule has 1 atom stereocenters. The molecule has 1 aliphatic heterocycles. The molecule has 0 amide bonds. The highest BCUT2D eigenvalue weighted by Crippen LogP contribution is 2.27. The predicted molar refractivity (Wildman–Crippen MR) is 92.8 cm³/mol. The van der Waals surface area contributed by atoms with Crippen molar-refractivity contribution in [3.8, 4) is 11.5 Å². The van der Waals surface area contributed by atoms with Gasteiger partial charge in [-0.1, -0.05) is 6.07 Å². The lowest BCUT2D eigenvalue weighted by Gasteiger charge is -2.28. The van der Waals surface area contributed by atoms with Gasteiger partial charge in [0.25, 0.3) is 0 Å². The van der Waals surface area contributed by atoms with Crippen molar-refractivity contribution in [1.82, 2.24) is 4.90 Å². The van der Waals surface area contributed by atoms with E-state index in [1.165, 1.54) is 6.08 Å². The molecule has 0 saturated carbocycles. The van der Waals surface area contributed by atoms with Crippen LogP contribution in [-0.2, 0) is 14.3 Å². The molecule has 1 aliphatic rings. The van der Waals surface area contributed by atoms with Gasteiger partial charge < -0.3 is 24.1 Å². The van der Waals surface area contributed by atoms with Crippen molar-refractivity contribution in [3.63, 3.8) is 0 Å². The first-order valence-corrected chi connectivity index (χ1v) is 8.17. The van der Waals surface area contributed by atoms with Crippen molar-refractivity contribution in [2.75, 3.05) is 53.7 Å². The number of hydrogen-bond donors (Lipinski definition) is 1. The first kappa shape index (κ1) is 19.2. The van der Waals surface area contributed by atoms with Gasteiger partial charge in [-0.25, -0.2) is 4.79 Å². The van der Waals surface area contributed by atoms with Crippen LogP contribution in [-0.4, -0.2) is 75.8 Å². The maximum atomic E-state index is 11.8. The Morgan fingerprint density at radius 1 is 1.28 bits per heavy atom. The lowest BCUT2D eigenvalue weighted by atomic mass is 10.2. The van der Waals surface area contributed by atoms with Crippen LogP contribution in [0.2, 0.25) is 0 Å². The lowest BCUT2D eigenvalue weighted by molar-refractivity contribution is -0.141. The number of esters is 1. The summed E-state index contributed by atoms with van der Waals surface area (Å²) in [5.41, 5.74) is 0.781. The molecule has 1 aromatic rings. The van der Waals surface area contributed by atoms with E-state index in [0.29, 0.717) is 31.3 Å². The average Bonchev–Trinajstić information content (AvgIpc) is 2.65. The fraction of sp³-hybridized carbons (Fsp3) is 0.500. The minimum Gasteiger partial charge on any atom is -0.493 e. The van der Waals surface area contributed by atoms with Crippen LogP contribution < -0.4 is 9.47 Å². The lowest BCUT2D eigenvalue weighted by Crippen LogP contribution is -2.42. The summed E-state index contributed by atoms with van der Waals surface area (Å²) in [5, 5.41) is 9.95. The molecule has 25 heavy (non-hydrogen) atoms. The highest BCUT2D eigenvalue weighted by molar-refractivity contribution is 5.87. The van der Waals surface area contributed by atoms with E-state index in [1.807, 2.05) is 0 Å². The summed E-state index contributed by atoms with van der Waals surface area (Å²) in [4.78, 5) is 13.9. The van der Waals surface area contributed by atoms with Gasteiger partial charge in [0, 0.05) is 25.7 Å². The molecule has 0 aliphatic carbocycles. The van der Waals surface area contributed by atoms with Crippen LogP contribution in [0.4, 0.5) is 0 Å². The number of ether oxygens (including phenoxy) is 4. The fourth-order valence-corrected chi connectivity index (χ4v) is 2.48. The second kappa shape index (κ2) is 10.0. The molecule has 138 valence electrons. The number of hydrogen-bond acceptors (Lipinski definition) is 7. The van der Waals surface area contributed by atoms with Crippen molar-refractivity contribution in [1.29, 1.82) is 0 Å². The Bertz CT molecular complexity index is 583. The number of rotatable bonds is 8. The first-order valence-electron chi connectivity index (χ1n) is 8.17. The molecule has 7 heteroatoms. The van der Waals surface area contributed by atoms with Crippen LogP contribution in [0.25, 0.3) is 6.08 Å². The predicted octanol–water partition coefficient (Wildman–Crippen LogP) is 0.953. The molecule has 2 rings (SSSR count). The zero-order valence-electron chi connectivity index (χ0n) is 14.6. The van der Waals surface area contributed by atoms with Crippen molar-refractivity contribution in [2.45, 2.75) is 6.10 Å². The number of β-amino-alcohol motifs (C(OH)–C–C–N with tert-alkyl or cyclic N) is 1. The molecule has 1 unspecified atom stereocenters. The summed E-state index contributed by atoms with van der Waals surface area (Å²) >= 11 is 0. The maximum Gasteiger partial charge on any atom is 0.330 e. The monoisotopic (exact) mass is 351 g/mol. The Balaban J connectivity index is 1.78. The Morgan fingerprint density at radius 2 is 2.00 bits per heavy atom. The van der Waals surface area contributed by atoms with Gasteiger partial charge in [0.2, 0.25) is 0 Å². The van der Waals surface area contributed by atoms with E-state index in [9.17, 15) is 9.90 Å². The standard InChI is InChI=1S/C18H25NO6/c1-22-16-5-3-14(11-17(16)23-2)4-6-18(21)25-13-15(20)12-19-7-9-24-10-8-19/h3-6,11,15,20H,7-10,12-13H2,1-2H3/b6-4+. The van der Waals surface area contributed by atoms with E-state index in [0.717, 1.165) is 18.7 Å². The van der Waals surface area contributed by atoms with Crippen LogP contribution in [0.15, 0.2) is 24.3 Å². The van der Waals surface area contributed by atoms with Crippen LogP contribution >= 0.6 is 0 Å². The molecule has 0 spiro atoms. The van der Waals surface area contributed by atoms with Gasteiger partial charge in [-0.15, -0.1) is 0 Å². The van der Waals surface area contributed by atoms with E-state index in [2.05, 4.69) is 4.90 Å². The average molecular weight is 351 g/mol. The Morgan fingerprint density at radius 3 is 2.68 bits per heavy atom. The van der Waals surface area contributed by atoms with Crippen molar-refractivity contribution < 1.29 is 28.8 Å². The molecule has 0 aromatic heterocycles. The van der Waals surface area contributed by atoms with E-state index in [1.54, 1.807) is 38.5 Å². The topological polar surface area (TPSA) is 77.5 Å². The number of aliphatic hydroxyl groups is 1. The second-order valence-electron chi connectivity index (χ2n) is 5.64. The molecule has 1 N–H and O–H groups in total. The van der Waals surface area contributed by atoms with Gasteiger partial charge in [0.05, 0.1) is 27.4 Å². The summed E-state index contributed by atoms with van der Waals surface area (Å²) in [6, 6.07) is 5.32. The highest BCUT2D eigenvalue weighted by atomic mass is 16.5. The smallest absolute Gasteiger partial charge is 0.330 e. The zero-order chi connectivity index (χ0) is 18.1. The van der Waals surface area contributed by atoms with Gasteiger partial charge in [0.1, 0.15) is 12.7 Å². The van der Waals surface area contributed by atoms with Crippen molar-refractivity contribution in [3.05, 3.63) is 29.8 Å². The van der Waals surface area contributed by atoms with Crippen molar-refractivity contribution >= 4 is 12.0 Å². The number of morpholine rings is 1. The normalized spacial score (nSPS) is 16.6. The van der Waals surface area contributed by atoms with Crippen LogP contribution in [0.3, 0.4) is 0 Å². The van der Waals surface area contributed by atoms with Gasteiger partial charge in [-0.3, -0.25) is 4.90 Å². The van der Waals surface area contributed by atoms with E-state index < -0.39 is 12.1 Å². The number of benzene rings is 1. The summed E-state index contributed by atoms with van der Waals surface area (Å²) in [5.74, 6) is 0.697. The number of aliphatic hydroxyl groups excluding tert-OH is 1. The largest absolute Gasteiger partial charge is 0.493 e. The molecule has 1 saturated heterocycles. The minimum absolute atomic E-state index is 0.0353. The van der Waals surface area contributed by atoms with Crippen LogP contribution in [0, 0.1) is 0 Å². The molecule has 7 nitrogen and oxygen atoms in total. The van der Waals surface area contributed by atoms with Crippen LogP contribution in [0.1, 0.15) is 5.56 Å². The van der Waals surface area contributed by atoms with Gasteiger partial charge in [-0.05, 0) is 23.8 Å². The Kier molecular flexibility index (Phi) is 7.72. The number of methoxy groups -OCH3 is 2. The third-order valence-electron chi connectivity index (χ3n) is 3.81. The highest BCUT2D eigenvalue weighted by Gasteiger charge is 2.15. The third-order valence-corrected chi connectivity index (χ3v) is 3.81. The summed E-state index contributed by atoms with van der Waals surface area (Å²) in [7, 11) is 3.11. The van der Waals surface area contributed by atoms with E-state index in [4.69, 9.17) is 18.9 Å². The second-order valence-corrected chi connectivity index (χ2v) is 5.64. The number of carbonyl (C=O) groups is 1. The summed E-state index contributed by atoms with van der Waals surface area (Å²) in [6.45, 7) is 3.33. The van der Waals surface area contributed by atoms with E-state index in [-0.39, 0.29) is 6.61 Å². The number of carbonyl (C=O) groups excluding carboxylic acids is 1. The number of nitrogens with zero attached hydrogens (tertiary/aromatic N) is 1. The Hall–Kier alpha value is -2.09. The van der Waals surface area contributed by atoms with Gasteiger partial charge in [0.15, 0.2) is 11.5 Å². The quantitative estimate of drug-likeness (QED) is 0.552. The zero-order valence-corrected chi connectivity index (χ0v) is 14.6. The Labute approximate surface area is 147 Å². The van der Waals surface area contributed by atoms with Gasteiger partial charge >= 0.3 is 5.97 Å². The molecule has 1 aromatic carbocycles. The molecule has 1 heterocycles. The van der Waals surface area contributed by atoms with Crippen molar-refractivity contribution in [2.24, 2.45) is 0 Å². The maximum absolute atomic E-state index is 11.8. The molecule has 0 bridgehead atoms. The third kappa shape index (κ3) is 6.38. The fourth-order valence-electron chi connectivity index (χ4n) is 2.48. The van der Waals surface area contributed by atoms with Crippen LogP contribution in [0.5, 0.6) is 11.5 Å². The molecule has 0 radical (unpaired) electrons. The SMILES string of the molecule is COc1ccc(/C=C/C(=O)OCC(O)CN2CCOCC2)cc1OC.